The van der Waals surface area contributed by atoms with E-state index < -0.39 is 0 Å². The lowest BCUT2D eigenvalue weighted by molar-refractivity contribution is -0.118. The Bertz CT molecular complexity index is 1340. The van der Waals surface area contributed by atoms with Crippen LogP contribution in [0.15, 0.2) is 79.5 Å². The minimum absolute atomic E-state index is 0.158. The van der Waals surface area contributed by atoms with Gasteiger partial charge in [-0.05, 0) is 116 Å². The van der Waals surface area contributed by atoms with Gasteiger partial charge in [0, 0.05) is 10.7 Å². The van der Waals surface area contributed by atoms with Crippen LogP contribution in [0.2, 0.25) is 5.02 Å². The van der Waals surface area contributed by atoms with Crippen LogP contribution < -0.4 is 15.4 Å². The second-order valence-corrected chi connectivity index (χ2v) is 10.7. The van der Waals surface area contributed by atoms with Crippen molar-refractivity contribution in [2.75, 3.05) is 11.9 Å². The van der Waals surface area contributed by atoms with Crippen LogP contribution in [0.3, 0.4) is 0 Å². The van der Waals surface area contributed by atoms with E-state index >= 15 is 0 Å². The third kappa shape index (κ3) is 6.98. The summed E-state index contributed by atoms with van der Waals surface area (Å²) in [6.45, 7) is 1.80. The van der Waals surface area contributed by atoms with E-state index in [1.165, 1.54) is 11.8 Å². The van der Waals surface area contributed by atoms with Gasteiger partial charge in [-0.3, -0.25) is 9.59 Å². The van der Waals surface area contributed by atoms with Crippen LogP contribution in [0.5, 0.6) is 5.75 Å². The van der Waals surface area contributed by atoms with Gasteiger partial charge in [-0.25, -0.2) is 4.99 Å². The van der Waals surface area contributed by atoms with Crippen molar-refractivity contribution in [1.82, 2.24) is 5.32 Å². The maximum atomic E-state index is 12.4. The summed E-state index contributed by atoms with van der Waals surface area (Å²) in [7, 11) is 0. The Hall–Kier alpha value is -2.59. The van der Waals surface area contributed by atoms with E-state index in [2.05, 4.69) is 47.5 Å². The number of amides is 2. The molecule has 2 N–H and O–H groups in total. The number of aliphatic imine (C=N–C) groups is 1. The third-order valence-electron chi connectivity index (χ3n) is 4.68. The maximum Gasteiger partial charge on any atom is 0.264 e. The summed E-state index contributed by atoms with van der Waals surface area (Å²) in [5.41, 5.74) is 3.23. The standard InChI is InChI=1S/C25H18Br2ClN3O3S/c1-14-3-2-4-18(9-14)29-22(32)13-34-23-19(26)10-15(11-20(23)27)12-21-24(33)31-25(35-21)30-17-7-5-16(28)6-8-17/h2-12H,13H2,1H3,(H,29,32)(H,30,31,33)/b21-12-. The lowest BCUT2D eigenvalue weighted by Crippen LogP contribution is -2.20. The fraction of sp³-hybridized carbons (Fsp3) is 0.0800. The van der Waals surface area contributed by atoms with Crippen molar-refractivity contribution in [3.05, 3.63) is 90.7 Å². The quantitative estimate of drug-likeness (QED) is 0.284. The van der Waals surface area contributed by atoms with Gasteiger partial charge in [-0.2, -0.15) is 0 Å². The van der Waals surface area contributed by atoms with Crippen molar-refractivity contribution < 1.29 is 14.3 Å². The average Bonchev–Trinajstić information content (AvgIpc) is 3.13. The molecule has 0 unspecified atom stereocenters. The van der Waals surface area contributed by atoms with Crippen molar-refractivity contribution in [3.8, 4) is 5.75 Å². The fourth-order valence-electron chi connectivity index (χ4n) is 3.12. The Morgan fingerprint density at radius 3 is 2.54 bits per heavy atom. The van der Waals surface area contributed by atoms with E-state index in [9.17, 15) is 9.59 Å². The van der Waals surface area contributed by atoms with E-state index in [0.29, 0.717) is 41.2 Å². The number of amidine groups is 1. The highest BCUT2D eigenvalue weighted by Gasteiger charge is 2.24. The maximum absolute atomic E-state index is 12.4. The first-order valence-electron chi connectivity index (χ1n) is 10.3. The fourth-order valence-corrected chi connectivity index (χ4v) is 5.54. The van der Waals surface area contributed by atoms with E-state index in [4.69, 9.17) is 16.3 Å². The van der Waals surface area contributed by atoms with Crippen LogP contribution in [0, 0.1) is 6.92 Å². The lowest BCUT2D eigenvalue weighted by atomic mass is 10.2. The van der Waals surface area contributed by atoms with Crippen LogP contribution >= 0.6 is 55.2 Å². The number of hydrogen-bond acceptors (Lipinski definition) is 5. The van der Waals surface area contributed by atoms with Crippen LogP contribution in [0.25, 0.3) is 6.08 Å². The van der Waals surface area contributed by atoms with Crippen molar-refractivity contribution in [2.45, 2.75) is 6.92 Å². The smallest absolute Gasteiger partial charge is 0.264 e. The van der Waals surface area contributed by atoms with E-state index in [1.54, 1.807) is 30.3 Å². The largest absolute Gasteiger partial charge is 0.481 e. The predicted octanol–water partition coefficient (Wildman–Crippen LogP) is 7.08. The summed E-state index contributed by atoms with van der Waals surface area (Å²) < 4.78 is 7.01. The van der Waals surface area contributed by atoms with E-state index in [0.717, 1.165) is 11.1 Å². The molecule has 0 spiro atoms. The molecule has 1 aliphatic rings. The lowest BCUT2D eigenvalue weighted by Gasteiger charge is -2.12. The molecule has 0 bridgehead atoms. The van der Waals surface area contributed by atoms with Gasteiger partial charge in [0.05, 0.1) is 19.5 Å². The minimum Gasteiger partial charge on any atom is -0.481 e. The molecule has 1 aliphatic heterocycles. The number of hydrogen-bond donors (Lipinski definition) is 2. The number of benzene rings is 3. The molecule has 1 saturated heterocycles. The van der Waals surface area contributed by atoms with Crippen molar-refractivity contribution >= 4 is 89.7 Å². The van der Waals surface area contributed by atoms with Crippen molar-refractivity contribution in [2.24, 2.45) is 4.99 Å². The topological polar surface area (TPSA) is 79.8 Å². The molecule has 0 aliphatic carbocycles. The van der Waals surface area contributed by atoms with Crippen LogP contribution in [0.1, 0.15) is 11.1 Å². The Morgan fingerprint density at radius 2 is 1.86 bits per heavy atom. The molecule has 0 radical (unpaired) electrons. The minimum atomic E-state index is -0.271. The summed E-state index contributed by atoms with van der Waals surface area (Å²) in [6, 6.07) is 18.2. The SMILES string of the molecule is Cc1cccc(NC(=O)COc2c(Br)cc(/C=C3\SC(=Nc4ccc(Cl)cc4)NC3=O)cc2Br)c1. The molecule has 3 aromatic carbocycles. The molecule has 0 saturated carbocycles. The van der Waals surface area contributed by atoms with Gasteiger partial charge >= 0.3 is 0 Å². The zero-order valence-electron chi connectivity index (χ0n) is 18.3. The van der Waals surface area contributed by atoms with Gasteiger partial charge in [0.2, 0.25) is 0 Å². The number of anilines is 1. The first-order valence-corrected chi connectivity index (χ1v) is 13.1. The molecule has 6 nitrogen and oxygen atoms in total. The molecule has 178 valence electrons. The monoisotopic (exact) mass is 633 g/mol. The zero-order chi connectivity index (χ0) is 24.9. The highest BCUT2D eigenvalue weighted by molar-refractivity contribution is 9.11. The third-order valence-corrected chi connectivity index (χ3v) is 7.02. The van der Waals surface area contributed by atoms with Crippen molar-refractivity contribution in [3.63, 3.8) is 0 Å². The number of carbonyl (C=O) groups excluding carboxylic acids is 2. The number of halogens is 3. The van der Waals surface area contributed by atoms with Gasteiger partial charge in [0.15, 0.2) is 11.8 Å². The number of thioether (sulfide) groups is 1. The van der Waals surface area contributed by atoms with Crippen LogP contribution in [-0.2, 0) is 9.59 Å². The normalized spacial score (nSPS) is 15.4. The van der Waals surface area contributed by atoms with Crippen molar-refractivity contribution in [1.29, 1.82) is 0 Å². The highest BCUT2D eigenvalue weighted by Crippen LogP contribution is 2.37. The average molecular weight is 636 g/mol. The first kappa shape index (κ1) is 25.5. The first-order chi connectivity index (χ1) is 16.8. The van der Waals surface area contributed by atoms with E-state index in [-0.39, 0.29) is 18.4 Å². The van der Waals surface area contributed by atoms with Crippen LogP contribution in [-0.4, -0.2) is 23.6 Å². The Kier molecular flexibility index (Phi) is 8.33. The molecule has 0 aromatic heterocycles. The second-order valence-electron chi connectivity index (χ2n) is 7.48. The number of ether oxygens (including phenoxy) is 1. The molecule has 10 heteroatoms. The van der Waals surface area contributed by atoms with Gasteiger partial charge in [0.25, 0.3) is 11.8 Å². The number of rotatable bonds is 6. The predicted molar refractivity (Wildman–Crippen MR) is 149 cm³/mol. The van der Waals surface area contributed by atoms with Gasteiger partial charge < -0.3 is 15.4 Å². The summed E-state index contributed by atoms with van der Waals surface area (Å²) in [5.74, 6) is -0.0183. The number of carbonyl (C=O) groups is 2. The summed E-state index contributed by atoms with van der Waals surface area (Å²) >= 11 is 14.1. The van der Waals surface area contributed by atoms with Gasteiger partial charge in [-0.1, -0.05) is 23.7 Å². The molecule has 4 rings (SSSR count). The summed E-state index contributed by atoms with van der Waals surface area (Å²) in [5, 5.41) is 6.68. The highest BCUT2D eigenvalue weighted by atomic mass is 79.9. The molecule has 1 heterocycles. The molecule has 2 amide bonds. The molecular formula is C25H18Br2ClN3O3S. The number of nitrogens with zero attached hydrogens (tertiary/aromatic N) is 1. The second kappa shape index (κ2) is 11.4. The van der Waals surface area contributed by atoms with E-state index in [1.807, 2.05) is 43.3 Å². The Morgan fingerprint density at radius 1 is 1.14 bits per heavy atom. The zero-order valence-corrected chi connectivity index (χ0v) is 23.0. The molecular weight excluding hydrogens is 618 g/mol. The number of nitrogens with one attached hydrogen (secondary N) is 2. The van der Waals surface area contributed by atoms with Crippen LogP contribution in [0.4, 0.5) is 11.4 Å². The summed E-state index contributed by atoms with van der Waals surface area (Å²) in [4.78, 5) is 29.7. The summed E-state index contributed by atoms with van der Waals surface area (Å²) in [6.07, 6.45) is 1.76. The number of aryl methyl sites for hydroxylation is 1. The van der Waals surface area contributed by atoms with Gasteiger partial charge in [-0.15, -0.1) is 0 Å². The Balaban J connectivity index is 1.43. The molecule has 1 fully saturated rings. The molecule has 0 atom stereocenters. The molecule has 35 heavy (non-hydrogen) atoms. The Labute approximate surface area is 228 Å². The molecule has 3 aromatic rings. The van der Waals surface area contributed by atoms with Gasteiger partial charge in [0.1, 0.15) is 5.75 Å².